The number of carboxylic acids is 1. The topological polar surface area (TPSA) is 79.5 Å². The first-order valence-corrected chi connectivity index (χ1v) is 6.41. The van der Waals surface area contributed by atoms with E-state index in [4.69, 9.17) is 9.52 Å². The lowest BCUT2D eigenvalue weighted by molar-refractivity contribution is -0.111. The molecule has 1 amide bonds. The Balaban J connectivity index is 2.15. The Labute approximate surface area is 123 Å². The van der Waals surface area contributed by atoms with Crippen molar-refractivity contribution >= 4 is 39.6 Å². The van der Waals surface area contributed by atoms with Crippen molar-refractivity contribution in [2.75, 3.05) is 5.32 Å². The number of nitrogens with one attached hydrogen (secondary N) is 1. The predicted octanol–water partition coefficient (Wildman–Crippen LogP) is 3.39. The van der Waals surface area contributed by atoms with Crippen LogP contribution in [0.15, 0.2) is 51.6 Å². The number of furan rings is 1. The fourth-order valence-electron chi connectivity index (χ4n) is 1.52. The van der Waals surface area contributed by atoms with E-state index in [0.717, 1.165) is 0 Å². The van der Waals surface area contributed by atoms with Gasteiger partial charge in [-0.15, -0.1) is 0 Å². The highest BCUT2D eigenvalue weighted by atomic mass is 79.9. The molecule has 0 saturated heterocycles. The summed E-state index contributed by atoms with van der Waals surface area (Å²) in [5, 5.41) is 11.6. The quantitative estimate of drug-likeness (QED) is 0.839. The van der Waals surface area contributed by atoms with E-state index >= 15 is 0 Å². The molecule has 20 heavy (non-hydrogen) atoms. The summed E-state index contributed by atoms with van der Waals surface area (Å²) in [6, 6.07) is 7.94. The van der Waals surface area contributed by atoms with Gasteiger partial charge in [-0.3, -0.25) is 4.79 Å². The van der Waals surface area contributed by atoms with E-state index in [-0.39, 0.29) is 11.3 Å². The number of benzene rings is 1. The molecule has 1 aromatic heterocycles. The third-order valence-corrected chi connectivity index (χ3v) is 2.91. The molecule has 0 aliphatic carbocycles. The van der Waals surface area contributed by atoms with Crippen LogP contribution in [0.25, 0.3) is 6.08 Å². The Kier molecular flexibility index (Phi) is 4.37. The zero-order chi connectivity index (χ0) is 14.5. The molecule has 0 saturated carbocycles. The lowest BCUT2D eigenvalue weighted by atomic mass is 10.2. The summed E-state index contributed by atoms with van der Waals surface area (Å²) in [7, 11) is 0. The lowest BCUT2D eigenvalue weighted by Crippen LogP contribution is -2.12. The van der Waals surface area contributed by atoms with Gasteiger partial charge in [0.2, 0.25) is 5.91 Å². The van der Waals surface area contributed by atoms with Crippen LogP contribution in [-0.2, 0) is 4.79 Å². The van der Waals surface area contributed by atoms with Crippen LogP contribution in [0.4, 0.5) is 5.69 Å². The maximum Gasteiger partial charge on any atom is 0.337 e. The number of hydrogen-bond donors (Lipinski definition) is 2. The zero-order valence-corrected chi connectivity index (χ0v) is 11.8. The Hall–Kier alpha value is -2.34. The molecule has 0 bridgehead atoms. The van der Waals surface area contributed by atoms with Crippen LogP contribution in [-0.4, -0.2) is 17.0 Å². The average Bonchev–Trinajstić information content (AvgIpc) is 2.89. The maximum atomic E-state index is 11.7. The van der Waals surface area contributed by atoms with E-state index in [2.05, 4.69) is 21.2 Å². The molecule has 2 aromatic rings. The first kappa shape index (κ1) is 14.1. The first-order valence-electron chi connectivity index (χ1n) is 5.61. The molecule has 5 nitrogen and oxygen atoms in total. The lowest BCUT2D eigenvalue weighted by Gasteiger charge is -2.07. The molecule has 0 unspecified atom stereocenters. The van der Waals surface area contributed by atoms with Gasteiger partial charge in [-0.05, 0) is 36.4 Å². The summed E-state index contributed by atoms with van der Waals surface area (Å²) in [5.41, 5.74) is 0.244. The summed E-state index contributed by atoms with van der Waals surface area (Å²) >= 11 is 3.23. The van der Waals surface area contributed by atoms with Gasteiger partial charge in [-0.2, -0.15) is 0 Å². The summed E-state index contributed by atoms with van der Waals surface area (Å²) < 4.78 is 5.72. The molecule has 0 spiro atoms. The van der Waals surface area contributed by atoms with Crippen molar-refractivity contribution < 1.29 is 19.1 Å². The Bertz CT molecular complexity index is 662. The van der Waals surface area contributed by atoms with Gasteiger partial charge >= 0.3 is 5.97 Å². The molecule has 1 aromatic carbocycles. The summed E-state index contributed by atoms with van der Waals surface area (Å²) in [4.78, 5) is 22.8. The average molecular weight is 336 g/mol. The van der Waals surface area contributed by atoms with Crippen LogP contribution >= 0.6 is 15.9 Å². The van der Waals surface area contributed by atoms with Gasteiger partial charge in [0.15, 0.2) is 0 Å². The molecule has 6 heteroatoms. The number of carboxylic acid groups (broad SMARTS) is 1. The molecular formula is C14H10BrNO4. The van der Waals surface area contributed by atoms with E-state index in [1.807, 2.05) is 0 Å². The second-order valence-electron chi connectivity index (χ2n) is 3.83. The van der Waals surface area contributed by atoms with Crippen molar-refractivity contribution in [3.8, 4) is 0 Å². The number of carbonyl (C=O) groups is 2. The molecular weight excluding hydrogens is 326 g/mol. The van der Waals surface area contributed by atoms with Gasteiger partial charge in [0.1, 0.15) is 5.76 Å². The van der Waals surface area contributed by atoms with Gasteiger partial charge in [0, 0.05) is 10.5 Å². The van der Waals surface area contributed by atoms with Crippen molar-refractivity contribution in [1.29, 1.82) is 0 Å². The molecule has 2 rings (SSSR count). The minimum atomic E-state index is -1.11. The molecule has 0 radical (unpaired) electrons. The number of aromatic carboxylic acids is 1. The zero-order valence-electron chi connectivity index (χ0n) is 10.2. The number of carbonyl (C=O) groups excluding carboxylic acids is 1. The largest absolute Gasteiger partial charge is 0.478 e. The molecule has 0 aliphatic rings. The number of hydrogen-bond acceptors (Lipinski definition) is 3. The highest BCUT2D eigenvalue weighted by Gasteiger charge is 2.11. The van der Waals surface area contributed by atoms with Crippen molar-refractivity contribution in [3.05, 3.63) is 58.5 Å². The van der Waals surface area contributed by atoms with Crippen LogP contribution in [0, 0.1) is 0 Å². The number of halogens is 1. The summed E-state index contributed by atoms with van der Waals surface area (Å²) in [6.07, 6.45) is 4.26. The van der Waals surface area contributed by atoms with Crippen molar-refractivity contribution in [2.24, 2.45) is 0 Å². The van der Waals surface area contributed by atoms with Crippen LogP contribution < -0.4 is 5.32 Å². The Morgan fingerprint density at radius 3 is 2.75 bits per heavy atom. The first-order chi connectivity index (χ1) is 9.56. The Morgan fingerprint density at radius 2 is 2.10 bits per heavy atom. The number of amides is 1. The van der Waals surface area contributed by atoms with Gasteiger partial charge in [-0.25, -0.2) is 4.79 Å². The van der Waals surface area contributed by atoms with Gasteiger partial charge in [0.25, 0.3) is 0 Å². The molecule has 102 valence electrons. The fraction of sp³-hybridized carbons (Fsp3) is 0. The molecule has 0 atom stereocenters. The second kappa shape index (κ2) is 6.21. The standard InChI is InChI=1S/C14H10BrNO4/c15-9-3-5-11(14(18)19)12(8-9)16-13(17)6-4-10-2-1-7-20-10/h1-8H,(H,16,17)(H,18,19)/b6-4+. The number of rotatable bonds is 4. The highest BCUT2D eigenvalue weighted by Crippen LogP contribution is 2.21. The van der Waals surface area contributed by atoms with Crippen molar-refractivity contribution in [2.45, 2.75) is 0 Å². The predicted molar refractivity (Wildman–Crippen MR) is 77.5 cm³/mol. The van der Waals surface area contributed by atoms with Crippen molar-refractivity contribution in [3.63, 3.8) is 0 Å². The minimum absolute atomic E-state index is 0.0212. The van der Waals surface area contributed by atoms with E-state index in [1.54, 1.807) is 18.2 Å². The normalized spacial score (nSPS) is 10.7. The maximum absolute atomic E-state index is 11.7. The van der Waals surface area contributed by atoms with E-state index in [1.165, 1.54) is 30.5 Å². The smallest absolute Gasteiger partial charge is 0.337 e. The van der Waals surface area contributed by atoms with Gasteiger partial charge < -0.3 is 14.8 Å². The van der Waals surface area contributed by atoms with Crippen LogP contribution in [0.2, 0.25) is 0 Å². The summed E-state index contributed by atoms with van der Waals surface area (Å²) in [6.45, 7) is 0. The van der Waals surface area contributed by atoms with Gasteiger partial charge in [0.05, 0.1) is 17.5 Å². The molecule has 0 fully saturated rings. The monoisotopic (exact) mass is 335 g/mol. The third-order valence-electron chi connectivity index (χ3n) is 2.41. The minimum Gasteiger partial charge on any atom is -0.478 e. The van der Waals surface area contributed by atoms with E-state index < -0.39 is 11.9 Å². The SMILES string of the molecule is O=C(/C=C/c1ccco1)Nc1cc(Br)ccc1C(=O)O. The van der Waals surface area contributed by atoms with Crippen LogP contribution in [0.1, 0.15) is 16.1 Å². The van der Waals surface area contributed by atoms with E-state index in [0.29, 0.717) is 10.2 Å². The Morgan fingerprint density at radius 1 is 1.30 bits per heavy atom. The number of anilines is 1. The fourth-order valence-corrected chi connectivity index (χ4v) is 1.89. The molecule has 0 aliphatic heterocycles. The second-order valence-corrected chi connectivity index (χ2v) is 4.75. The van der Waals surface area contributed by atoms with E-state index in [9.17, 15) is 9.59 Å². The van der Waals surface area contributed by atoms with Crippen LogP contribution in [0.5, 0.6) is 0 Å². The molecule has 1 heterocycles. The van der Waals surface area contributed by atoms with Crippen molar-refractivity contribution in [1.82, 2.24) is 0 Å². The van der Waals surface area contributed by atoms with Gasteiger partial charge in [-0.1, -0.05) is 15.9 Å². The molecule has 2 N–H and O–H groups in total. The highest BCUT2D eigenvalue weighted by molar-refractivity contribution is 9.10. The third kappa shape index (κ3) is 3.58. The summed E-state index contributed by atoms with van der Waals surface area (Å²) in [5.74, 6) is -1.02. The van der Waals surface area contributed by atoms with Crippen LogP contribution in [0.3, 0.4) is 0 Å².